The van der Waals surface area contributed by atoms with Gasteiger partial charge in [0, 0.05) is 9.37 Å². The first kappa shape index (κ1) is 18.0. The van der Waals surface area contributed by atoms with Crippen LogP contribution in [-0.2, 0) is 9.84 Å². The van der Waals surface area contributed by atoms with Crippen molar-refractivity contribution in [2.45, 2.75) is 20.7 Å². The quantitative estimate of drug-likeness (QED) is 0.595. The zero-order valence-electron chi connectivity index (χ0n) is 12.3. The molecule has 3 rings (SSSR count). The van der Waals surface area contributed by atoms with Crippen molar-refractivity contribution in [2.75, 3.05) is 0 Å². The molecule has 0 aliphatic heterocycles. The van der Waals surface area contributed by atoms with Gasteiger partial charge in [0.2, 0.25) is 15.0 Å². The first-order chi connectivity index (χ1) is 11.9. The van der Waals surface area contributed by atoms with Crippen molar-refractivity contribution in [1.29, 1.82) is 0 Å². The molecule has 130 valence electrons. The lowest BCUT2D eigenvalue weighted by atomic mass is 10.3. The Balaban J connectivity index is 1.85. The number of halogens is 3. The summed E-state index contributed by atoms with van der Waals surface area (Å²) < 4.78 is 50.4. The second kappa shape index (κ2) is 7.18. The number of tetrazole rings is 1. The molecule has 1 aromatic heterocycles. The molecular weight excluding hydrogens is 438 g/mol. The number of alkyl halides is 2. The van der Waals surface area contributed by atoms with E-state index >= 15 is 0 Å². The fraction of sp³-hybridized carbons (Fsp3) is 0.0714. The van der Waals surface area contributed by atoms with Crippen LogP contribution >= 0.6 is 27.7 Å². The predicted molar refractivity (Wildman–Crippen MR) is 90.6 cm³/mol. The van der Waals surface area contributed by atoms with E-state index in [9.17, 15) is 17.2 Å². The lowest BCUT2D eigenvalue weighted by Gasteiger charge is -2.06. The van der Waals surface area contributed by atoms with Crippen molar-refractivity contribution in [3.05, 3.63) is 53.0 Å². The highest BCUT2D eigenvalue weighted by molar-refractivity contribution is 9.10. The van der Waals surface area contributed by atoms with Crippen molar-refractivity contribution >= 4 is 37.5 Å². The summed E-state index contributed by atoms with van der Waals surface area (Å²) in [4.78, 5) is 0.181. The number of benzene rings is 2. The highest BCUT2D eigenvalue weighted by Gasteiger charge is 2.26. The van der Waals surface area contributed by atoms with Crippen LogP contribution in [0.1, 0.15) is 0 Å². The molecular formula is C14H9BrF2N4O2S2. The number of hydrogen-bond acceptors (Lipinski definition) is 6. The molecule has 0 radical (unpaired) electrons. The van der Waals surface area contributed by atoms with Crippen LogP contribution in [0.5, 0.6) is 0 Å². The zero-order chi connectivity index (χ0) is 18.0. The average molecular weight is 447 g/mol. The normalized spacial score (nSPS) is 11.8. The molecule has 0 atom stereocenters. The van der Waals surface area contributed by atoms with Crippen molar-refractivity contribution in [2.24, 2.45) is 0 Å². The Morgan fingerprint density at radius 2 is 1.68 bits per heavy atom. The van der Waals surface area contributed by atoms with Gasteiger partial charge in [0.25, 0.3) is 0 Å². The van der Waals surface area contributed by atoms with Crippen molar-refractivity contribution in [3.8, 4) is 5.69 Å². The van der Waals surface area contributed by atoms with Crippen molar-refractivity contribution < 1.29 is 17.2 Å². The second-order valence-corrected chi connectivity index (χ2v) is 8.60. The summed E-state index contributed by atoms with van der Waals surface area (Å²) >= 11 is 4.53. The Bertz CT molecular complexity index is 977. The lowest BCUT2D eigenvalue weighted by molar-refractivity contribution is 0.234. The van der Waals surface area contributed by atoms with Crippen LogP contribution < -0.4 is 0 Å². The van der Waals surface area contributed by atoms with E-state index in [4.69, 9.17) is 0 Å². The number of rotatable bonds is 5. The van der Waals surface area contributed by atoms with Gasteiger partial charge in [0.15, 0.2) is 0 Å². The van der Waals surface area contributed by atoms with Gasteiger partial charge in [0.1, 0.15) is 0 Å². The van der Waals surface area contributed by atoms with Gasteiger partial charge in [-0.2, -0.15) is 13.5 Å². The highest BCUT2D eigenvalue weighted by atomic mass is 79.9. The Morgan fingerprint density at radius 3 is 2.28 bits per heavy atom. The van der Waals surface area contributed by atoms with E-state index in [0.717, 1.165) is 22.3 Å². The average Bonchev–Trinajstić information content (AvgIpc) is 3.04. The van der Waals surface area contributed by atoms with E-state index in [0.29, 0.717) is 10.1 Å². The van der Waals surface area contributed by atoms with Gasteiger partial charge in [0.05, 0.1) is 10.6 Å². The maximum atomic E-state index is 12.5. The largest absolute Gasteiger partial charge is 0.341 e. The number of aromatic nitrogens is 4. The van der Waals surface area contributed by atoms with Gasteiger partial charge < -0.3 is 0 Å². The summed E-state index contributed by atoms with van der Waals surface area (Å²) in [5.41, 5.74) is 0.743. The molecule has 0 fully saturated rings. The molecule has 11 heteroatoms. The summed E-state index contributed by atoms with van der Waals surface area (Å²) in [7, 11) is -4.60. The van der Waals surface area contributed by atoms with Crippen LogP contribution in [0.3, 0.4) is 0 Å². The van der Waals surface area contributed by atoms with Gasteiger partial charge in [-0.15, -0.1) is 5.10 Å². The lowest BCUT2D eigenvalue weighted by Crippen LogP contribution is -2.11. The molecule has 1 heterocycles. The molecule has 0 aliphatic rings. The minimum Gasteiger partial charge on any atom is -0.218 e. The molecule has 0 N–H and O–H groups in total. The molecule has 0 saturated carbocycles. The molecule has 3 aromatic rings. The van der Waals surface area contributed by atoms with Crippen LogP contribution in [0.25, 0.3) is 5.69 Å². The summed E-state index contributed by atoms with van der Waals surface area (Å²) in [6, 6.07) is 12.5. The molecule has 2 aromatic carbocycles. The third-order valence-electron chi connectivity index (χ3n) is 3.11. The Kier molecular flexibility index (Phi) is 5.16. The van der Waals surface area contributed by atoms with Crippen LogP contribution in [0.4, 0.5) is 8.78 Å². The summed E-state index contributed by atoms with van der Waals surface area (Å²) in [5.74, 6) is -3.45. The molecule has 0 unspecified atom stereocenters. The Hall–Kier alpha value is -1.85. The monoisotopic (exact) mass is 446 g/mol. The molecule has 0 spiro atoms. The van der Waals surface area contributed by atoms with E-state index < -0.39 is 20.5 Å². The molecule has 0 saturated heterocycles. The number of nitrogens with zero attached hydrogens (tertiary/aromatic N) is 4. The molecule has 0 bridgehead atoms. The van der Waals surface area contributed by atoms with E-state index in [-0.39, 0.29) is 0 Å². The van der Waals surface area contributed by atoms with Crippen LogP contribution in [0.2, 0.25) is 0 Å². The van der Waals surface area contributed by atoms with Gasteiger partial charge in [-0.25, -0.2) is 8.42 Å². The maximum Gasteiger partial charge on any atom is 0.341 e. The topological polar surface area (TPSA) is 77.7 Å². The molecule has 0 amide bonds. The SMILES string of the molecule is O=S(=O)(c1ccc(Sc2nnnn2-c2ccc(Br)cc2)cc1)C(F)F. The molecule has 25 heavy (non-hydrogen) atoms. The second-order valence-electron chi connectivity index (χ2n) is 4.73. The van der Waals surface area contributed by atoms with Gasteiger partial charge in [-0.05, 0) is 70.7 Å². The van der Waals surface area contributed by atoms with Gasteiger partial charge in [-0.3, -0.25) is 0 Å². The number of sulfone groups is 1. The fourth-order valence-electron chi connectivity index (χ4n) is 1.89. The maximum absolute atomic E-state index is 12.5. The van der Waals surface area contributed by atoms with Crippen molar-refractivity contribution in [1.82, 2.24) is 20.2 Å². The fourth-order valence-corrected chi connectivity index (χ4v) is 3.67. The van der Waals surface area contributed by atoms with E-state index in [2.05, 4.69) is 31.5 Å². The number of hydrogen-bond donors (Lipinski definition) is 0. The summed E-state index contributed by atoms with van der Waals surface area (Å²) in [5, 5.41) is 11.9. The summed E-state index contributed by atoms with van der Waals surface area (Å²) in [6.07, 6.45) is 0. The van der Waals surface area contributed by atoms with Crippen molar-refractivity contribution in [3.63, 3.8) is 0 Å². The molecule has 0 aliphatic carbocycles. The van der Waals surface area contributed by atoms with Gasteiger partial charge >= 0.3 is 5.76 Å². The highest BCUT2D eigenvalue weighted by Crippen LogP contribution is 2.29. The van der Waals surface area contributed by atoms with Crippen LogP contribution in [0.15, 0.2) is 68.0 Å². The third-order valence-corrected chi connectivity index (χ3v) is 5.98. The first-order valence-corrected chi connectivity index (χ1v) is 9.88. The third kappa shape index (κ3) is 3.88. The minimum absolute atomic E-state index is 0.431. The standard InChI is InChI=1S/C14H9BrF2N4O2S2/c15-9-1-3-10(4-2-9)21-14(18-19-20-21)24-11-5-7-12(8-6-11)25(22,23)13(16)17/h1-8,13H. The van der Waals surface area contributed by atoms with Crippen LogP contribution in [0, 0.1) is 0 Å². The zero-order valence-corrected chi connectivity index (χ0v) is 15.5. The van der Waals surface area contributed by atoms with Crippen LogP contribution in [-0.4, -0.2) is 34.4 Å². The predicted octanol–water partition coefficient (Wildman–Crippen LogP) is 3.57. The summed E-state index contributed by atoms with van der Waals surface area (Å²) in [6.45, 7) is 0. The first-order valence-electron chi connectivity index (χ1n) is 6.72. The van der Waals surface area contributed by atoms with E-state index in [1.807, 2.05) is 24.3 Å². The smallest absolute Gasteiger partial charge is 0.218 e. The molecule has 6 nitrogen and oxygen atoms in total. The Labute approximate surface area is 154 Å². The Morgan fingerprint density at radius 1 is 1.04 bits per heavy atom. The van der Waals surface area contributed by atoms with E-state index in [1.54, 1.807) is 0 Å². The van der Waals surface area contributed by atoms with Gasteiger partial charge in [-0.1, -0.05) is 15.9 Å². The van der Waals surface area contributed by atoms with E-state index in [1.165, 1.54) is 28.6 Å². The minimum atomic E-state index is -4.60.